The third-order valence-electron chi connectivity index (χ3n) is 4.07. The molecule has 0 bridgehead atoms. The van der Waals surface area contributed by atoms with Crippen molar-refractivity contribution in [3.63, 3.8) is 0 Å². The molecule has 1 atom stereocenters. The number of carbonyl (C=O) groups is 1. The molecule has 1 amide bonds. The summed E-state index contributed by atoms with van der Waals surface area (Å²) in [4.78, 5) is 28.7. The Kier molecular flexibility index (Phi) is 5.22. The molecule has 0 radical (unpaired) electrons. The average molecular weight is 357 g/mol. The van der Waals surface area contributed by atoms with Crippen molar-refractivity contribution in [2.75, 3.05) is 20.3 Å². The van der Waals surface area contributed by atoms with Crippen LogP contribution in [0.5, 0.6) is 0 Å². The molecular weight excluding hydrogens is 336 g/mol. The number of pyridine rings is 1. The van der Waals surface area contributed by atoms with Gasteiger partial charge >= 0.3 is 0 Å². The van der Waals surface area contributed by atoms with Crippen molar-refractivity contribution in [2.45, 2.75) is 38.1 Å². The van der Waals surface area contributed by atoms with Gasteiger partial charge in [-0.25, -0.2) is 0 Å². The topological polar surface area (TPSA) is 62.4 Å². The Balaban J connectivity index is 2.31. The van der Waals surface area contributed by atoms with Crippen LogP contribution in [0, 0.1) is 0 Å². The molecular formula is C15H21BrN2O3. The maximum absolute atomic E-state index is 12.8. The Morgan fingerprint density at radius 2 is 2.33 bits per heavy atom. The first-order chi connectivity index (χ1) is 10.0. The van der Waals surface area contributed by atoms with Crippen molar-refractivity contribution in [2.24, 2.45) is 0 Å². The van der Waals surface area contributed by atoms with E-state index < -0.39 is 0 Å². The second-order valence-corrected chi connectivity index (χ2v) is 6.39. The molecule has 2 rings (SSSR count). The number of nitrogens with zero attached hydrogens (tertiary/aromatic N) is 1. The van der Waals surface area contributed by atoms with Crippen LogP contribution in [0.25, 0.3) is 0 Å². The van der Waals surface area contributed by atoms with Gasteiger partial charge in [0.15, 0.2) is 0 Å². The van der Waals surface area contributed by atoms with E-state index in [-0.39, 0.29) is 17.0 Å². The highest BCUT2D eigenvalue weighted by atomic mass is 79.9. The number of aromatic nitrogens is 1. The predicted octanol–water partition coefficient (Wildman–Crippen LogP) is 2.56. The second kappa shape index (κ2) is 6.75. The number of halogens is 1. The van der Waals surface area contributed by atoms with Crippen molar-refractivity contribution in [1.29, 1.82) is 0 Å². The number of carbonyl (C=O) groups excluding carboxylic acids is 1. The van der Waals surface area contributed by atoms with E-state index in [0.717, 1.165) is 32.2 Å². The maximum Gasteiger partial charge on any atom is 0.262 e. The molecule has 1 aliphatic rings. The lowest BCUT2D eigenvalue weighted by atomic mass is 9.91. The Morgan fingerprint density at radius 3 is 2.95 bits per heavy atom. The van der Waals surface area contributed by atoms with E-state index in [1.807, 2.05) is 4.90 Å². The van der Waals surface area contributed by atoms with Crippen LogP contribution >= 0.6 is 15.9 Å². The van der Waals surface area contributed by atoms with E-state index >= 15 is 0 Å². The van der Waals surface area contributed by atoms with Gasteiger partial charge in [0.05, 0.1) is 22.2 Å². The number of ether oxygens (including phenoxy) is 1. The highest BCUT2D eigenvalue weighted by Crippen LogP contribution is 2.35. The van der Waals surface area contributed by atoms with Gasteiger partial charge in [0.2, 0.25) is 0 Å². The fourth-order valence-corrected chi connectivity index (χ4v) is 3.57. The summed E-state index contributed by atoms with van der Waals surface area (Å²) in [7, 11) is 1.68. The number of amides is 1. The molecule has 6 heteroatoms. The summed E-state index contributed by atoms with van der Waals surface area (Å²) in [6.45, 7) is 3.41. The van der Waals surface area contributed by atoms with Gasteiger partial charge in [0, 0.05) is 19.9 Å². The van der Waals surface area contributed by atoms with E-state index in [1.165, 1.54) is 6.20 Å². The molecule has 1 aliphatic heterocycles. The average Bonchev–Trinajstić information content (AvgIpc) is 2.85. The Labute approximate surface area is 132 Å². The van der Waals surface area contributed by atoms with Gasteiger partial charge in [0.25, 0.3) is 11.5 Å². The summed E-state index contributed by atoms with van der Waals surface area (Å²) in [5.74, 6) is -0.0463. The molecule has 1 fully saturated rings. The summed E-state index contributed by atoms with van der Waals surface area (Å²) in [5.41, 5.74) is 0.0491. The molecule has 5 nitrogen and oxygen atoms in total. The standard InChI is InChI=1S/C15H21BrN2O3/c1-3-5-15(10-21-2)6-4-7-18(15)14(20)11-8-12(16)13(19)17-9-11/h8-9H,3-7,10H2,1-2H3,(H,17,19). The largest absolute Gasteiger partial charge is 0.382 e. The summed E-state index contributed by atoms with van der Waals surface area (Å²) in [6, 6.07) is 1.59. The van der Waals surface area contributed by atoms with E-state index in [0.29, 0.717) is 16.6 Å². The monoisotopic (exact) mass is 356 g/mol. The number of rotatable bonds is 5. The zero-order valence-electron chi connectivity index (χ0n) is 12.4. The number of H-pyrrole nitrogens is 1. The molecule has 0 spiro atoms. The molecule has 1 saturated heterocycles. The Bertz CT molecular complexity index is 564. The van der Waals surface area contributed by atoms with Gasteiger partial charge in [0.1, 0.15) is 0 Å². The van der Waals surface area contributed by atoms with Gasteiger partial charge in [-0.3, -0.25) is 9.59 Å². The SMILES string of the molecule is CCCC1(COC)CCCN1C(=O)c1c[nH]c(=O)c(Br)c1. The normalized spacial score (nSPS) is 21.8. The zero-order chi connectivity index (χ0) is 15.5. The quantitative estimate of drug-likeness (QED) is 0.881. The first-order valence-corrected chi connectivity index (χ1v) is 8.02. The molecule has 1 aromatic rings. The number of hydrogen-bond donors (Lipinski definition) is 1. The van der Waals surface area contributed by atoms with Crippen molar-refractivity contribution in [3.8, 4) is 0 Å². The van der Waals surface area contributed by atoms with Crippen LogP contribution in [0.15, 0.2) is 21.5 Å². The van der Waals surface area contributed by atoms with Gasteiger partial charge in [-0.1, -0.05) is 13.3 Å². The lowest BCUT2D eigenvalue weighted by Gasteiger charge is -2.38. The summed E-state index contributed by atoms with van der Waals surface area (Å²) in [6.07, 6.45) is 5.36. The summed E-state index contributed by atoms with van der Waals surface area (Å²) in [5, 5.41) is 0. The first-order valence-electron chi connectivity index (χ1n) is 7.23. The van der Waals surface area contributed by atoms with Gasteiger partial charge in [-0.15, -0.1) is 0 Å². The molecule has 2 heterocycles. The van der Waals surface area contributed by atoms with E-state index in [2.05, 4.69) is 27.8 Å². The molecule has 1 N–H and O–H groups in total. The van der Waals surface area contributed by atoms with E-state index in [4.69, 9.17) is 4.74 Å². The molecule has 116 valence electrons. The molecule has 0 saturated carbocycles. The van der Waals surface area contributed by atoms with Gasteiger partial charge < -0.3 is 14.6 Å². The van der Waals surface area contributed by atoms with Crippen LogP contribution in [-0.4, -0.2) is 41.6 Å². The van der Waals surface area contributed by atoms with Crippen molar-refractivity contribution >= 4 is 21.8 Å². The van der Waals surface area contributed by atoms with Crippen molar-refractivity contribution in [3.05, 3.63) is 32.7 Å². The second-order valence-electron chi connectivity index (χ2n) is 5.53. The zero-order valence-corrected chi connectivity index (χ0v) is 14.0. The molecule has 1 aromatic heterocycles. The smallest absolute Gasteiger partial charge is 0.262 e. The van der Waals surface area contributed by atoms with Crippen LogP contribution in [0.1, 0.15) is 43.0 Å². The van der Waals surface area contributed by atoms with Crippen LogP contribution in [0.3, 0.4) is 0 Å². The number of hydrogen-bond acceptors (Lipinski definition) is 3. The Morgan fingerprint density at radius 1 is 1.57 bits per heavy atom. The highest BCUT2D eigenvalue weighted by molar-refractivity contribution is 9.10. The van der Waals surface area contributed by atoms with E-state index in [9.17, 15) is 9.59 Å². The minimum Gasteiger partial charge on any atom is -0.382 e. The number of nitrogens with one attached hydrogen (secondary N) is 1. The number of aromatic amines is 1. The van der Waals surface area contributed by atoms with E-state index in [1.54, 1.807) is 13.2 Å². The van der Waals surface area contributed by atoms with Crippen molar-refractivity contribution < 1.29 is 9.53 Å². The van der Waals surface area contributed by atoms with Gasteiger partial charge in [-0.2, -0.15) is 0 Å². The van der Waals surface area contributed by atoms with Crippen LogP contribution in [0.4, 0.5) is 0 Å². The predicted molar refractivity (Wildman–Crippen MR) is 84.5 cm³/mol. The molecule has 0 aromatic carbocycles. The third-order valence-corrected chi connectivity index (χ3v) is 4.66. The first kappa shape index (κ1) is 16.2. The highest BCUT2D eigenvalue weighted by Gasteiger charge is 2.43. The summed E-state index contributed by atoms with van der Waals surface area (Å²) >= 11 is 3.17. The van der Waals surface area contributed by atoms with Crippen LogP contribution in [-0.2, 0) is 4.74 Å². The fourth-order valence-electron chi connectivity index (χ4n) is 3.21. The van der Waals surface area contributed by atoms with Crippen LogP contribution in [0.2, 0.25) is 0 Å². The molecule has 0 aliphatic carbocycles. The number of likely N-dealkylation sites (tertiary alicyclic amines) is 1. The van der Waals surface area contributed by atoms with Crippen molar-refractivity contribution in [1.82, 2.24) is 9.88 Å². The maximum atomic E-state index is 12.8. The Hall–Kier alpha value is -1.14. The minimum absolute atomic E-state index is 0.0463. The fraction of sp³-hybridized carbons (Fsp3) is 0.600. The summed E-state index contributed by atoms with van der Waals surface area (Å²) < 4.78 is 5.76. The van der Waals surface area contributed by atoms with Crippen LogP contribution < -0.4 is 5.56 Å². The molecule has 21 heavy (non-hydrogen) atoms. The lowest BCUT2D eigenvalue weighted by molar-refractivity contribution is 0.0254. The number of methoxy groups -OCH3 is 1. The third kappa shape index (κ3) is 3.21. The minimum atomic E-state index is -0.232. The lowest BCUT2D eigenvalue weighted by Crippen LogP contribution is -2.50. The van der Waals surface area contributed by atoms with Gasteiger partial charge in [-0.05, 0) is 41.3 Å². The molecule has 1 unspecified atom stereocenters.